The summed E-state index contributed by atoms with van der Waals surface area (Å²) in [6.07, 6.45) is 2.29. The van der Waals surface area contributed by atoms with Gasteiger partial charge in [0.25, 0.3) is 0 Å². The van der Waals surface area contributed by atoms with Crippen LogP contribution in [0.2, 0.25) is 0 Å². The van der Waals surface area contributed by atoms with Crippen LogP contribution in [0, 0.1) is 0 Å². The zero-order valence-corrected chi connectivity index (χ0v) is 10.7. The number of benzene rings is 1. The third-order valence-corrected chi connectivity index (χ3v) is 2.94. The number of carboxylic acids is 1. The van der Waals surface area contributed by atoms with Crippen molar-refractivity contribution in [3.05, 3.63) is 30.3 Å². The normalized spacial score (nSPS) is 12.3. The zero-order valence-electron chi connectivity index (χ0n) is 10.7. The van der Waals surface area contributed by atoms with Crippen molar-refractivity contribution in [3.8, 4) is 11.4 Å². The largest absolute Gasteiger partial charge is 0.480 e. The van der Waals surface area contributed by atoms with Crippen molar-refractivity contribution < 1.29 is 9.90 Å². The van der Waals surface area contributed by atoms with Gasteiger partial charge in [-0.25, -0.2) is 9.48 Å². The fourth-order valence-corrected chi connectivity index (χ4v) is 1.93. The van der Waals surface area contributed by atoms with E-state index in [1.54, 1.807) is 0 Å². The minimum absolute atomic E-state index is 0.490. The number of tetrazole rings is 1. The summed E-state index contributed by atoms with van der Waals surface area (Å²) in [5.74, 6) is -0.415. The molecule has 6 nitrogen and oxygen atoms in total. The summed E-state index contributed by atoms with van der Waals surface area (Å²) in [4.78, 5) is 11.4. The lowest BCUT2D eigenvalue weighted by atomic mass is 10.1. The lowest BCUT2D eigenvalue weighted by Gasteiger charge is -2.13. The zero-order chi connectivity index (χ0) is 13.7. The van der Waals surface area contributed by atoms with Crippen molar-refractivity contribution >= 4 is 5.97 Å². The lowest BCUT2D eigenvalue weighted by Crippen LogP contribution is -2.21. The van der Waals surface area contributed by atoms with Crippen LogP contribution in [0.5, 0.6) is 0 Å². The second kappa shape index (κ2) is 6.08. The van der Waals surface area contributed by atoms with Gasteiger partial charge in [-0.05, 0) is 16.8 Å². The van der Waals surface area contributed by atoms with Crippen LogP contribution in [-0.4, -0.2) is 31.3 Å². The number of carboxylic acid groups (broad SMARTS) is 1. The van der Waals surface area contributed by atoms with Gasteiger partial charge in [0, 0.05) is 5.56 Å². The van der Waals surface area contributed by atoms with Crippen LogP contribution >= 0.6 is 0 Å². The van der Waals surface area contributed by atoms with Crippen LogP contribution in [-0.2, 0) is 4.79 Å². The average Bonchev–Trinajstić information content (AvgIpc) is 2.89. The highest BCUT2D eigenvalue weighted by molar-refractivity contribution is 5.72. The minimum atomic E-state index is -0.905. The Bertz CT molecular complexity index is 539. The number of aliphatic carboxylic acids is 1. The summed E-state index contributed by atoms with van der Waals surface area (Å²) in [6.45, 7) is 2.02. The maximum Gasteiger partial charge on any atom is 0.328 e. The van der Waals surface area contributed by atoms with Crippen molar-refractivity contribution in [1.29, 1.82) is 0 Å². The number of carbonyl (C=O) groups is 1. The van der Waals surface area contributed by atoms with Crippen LogP contribution in [0.3, 0.4) is 0 Å². The van der Waals surface area contributed by atoms with E-state index in [0.717, 1.165) is 18.4 Å². The molecule has 0 aliphatic heterocycles. The maximum atomic E-state index is 11.4. The second-order valence-electron chi connectivity index (χ2n) is 4.31. The van der Waals surface area contributed by atoms with E-state index >= 15 is 0 Å². The predicted octanol–water partition coefficient (Wildman–Crippen LogP) is 2.16. The lowest BCUT2D eigenvalue weighted by molar-refractivity contribution is -0.141. The van der Waals surface area contributed by atoms with E-state index in [2.05, 4.69) is 15.5 Å². The van der Waals surface area contributed by atoms with Gasteiger partial charge in [-0.3, -0.25) is 0 Å². The highest BCUT2D eigenvalue weighted by atomic mass is 16.4. The number of nitrogens with zero attached hydrogens (tertiary/aromatic N) is 4. The second-order valence-corrected chi connectivity index (χ2v) is 4.31. The van der Waals surface area contributed by atoms with E-state index in [1.807, 2.05) is 37.3 Å². The molecule has 1 aromatic carbocycles. The van der Waals surface area contributed by atoms with Gasteiger partial charge in [-0.1, -0.05) is 50.1 Å². The molecule has 2 rings (SSSR count). The van der Waals surface area contributed by atoms with E-state index in [-0.39, 0.29) is 0 Å². The first-order valence-corrected chi connectivity index (χ1v) is 6.30. The van der Waals surface area contributed by atoms with Gasteiger partial charge in [0.1, 0.15) is 0 Å². The Kier molecular flexibility index (Phi) is 4.22. The predicted molar refractivity (Wildman–Crippen MR) is 69.5 cm³/mol. The Balaban J connectivity index is 2.34. The fraction of sp³-hybridized carbons (Fsp3) is 0.385. The Morgan fingerprint density at radius 3 is 2.74 bits per heavy atom. The molecule has 0 aliphatic rings. The maximum absolute atomic E-state index is 11.4. The van der Waals surface area contributed by atoms with E-state index in [1.165, 1.54) is 4.68 Å². The van der Waals surface area contributed by atoms with Crippen molar-refractivity contribution in [2.45, 2.75) is 32.2 Å². The quantitative estimate of drug-likeness (QED) is 0.860. The van der Waals surface area contributed by atoms with Crippen LogP contribution in [0.15, 0.2) is 30.3 Å². The summed E-state index contributed by atoms with van der Waals surface area (Å²) < 4.78 is 1.40. The third-order valence-electron chi connectivity index (χ3n) is 2.94. The molecule has 2 aromatic rings. The highest BCUT2D eigenvalue weighted by Crippen LogP contribution is 2.22. The van der Waals surface area contributed by atoms with Crippen LogP contribution < -0.4 is 0 Å². The van der Waals surface area contributed by atoms with Gasteiger partial charge < -0.3 is 5.11 Å². The Hall–Kier alpha value is -2.24. The van der Waals surface area contributed by atoms with Crippen LogP contribution in [0.1, 0.15) is 32.2 Å². The number of hydrogen-bond acceptors (Lipinski definition) is 4. The van der Waals surface area contributed by atoms with Gasteiger partial charge in [0.05, 0.1) is 0 Å². The monoisotopic (exact) mass is 260 g/mol. The molecule has 1 unspecified atom stereocenters. The summed E-state index contributed by atoms with van der Waals surface area (Å²) in [7, 11) is 0. The smallest absolute Gasteiger partial charge is 0.328 e. The molecular weight excluding hydrogens is 244 g/mol. The van der Waals surface area contributed by atoms with E-state index in [0.29, 0.717) is 12.2 Å². The first kappa shape index (κ1) is 13.2. The van der Waals surface area contributed by atoms with Gasteiger partial charge in [0.15, 0.2) is 11.9 Å². The van der Waals surface area contributed by atoms with Crippen molar-refractivity contribution in [1.82, 2.24) is 20.2 Å². The first-order chi connectivity index (χ1) is 9.24. The third kappa shape index (κ3) is 2.96. The molecule has 1 aromatic heterocycles. The van der Waals surface area contributed by atoms with Gasteiger partial charge >= 0.3 is 5.97 Å². The van der Waals surface area contributed by atoms with Crippen molar-refractivity contribution in [3.63, 3.8) is 0 Å². The van der Waals surface area contributed by atoms with Crippen molar-refractivity contribution in [2.24, 2.45) is 0 Å². The molecule has 0 saturated carbocycles. The van der Waals surface area contributed by atoms with E-state index in [9.17, 15) is 9.90 Å². The standard InChI is InChI=1S/C13H16N4O2/c1-2-3-9-11(13(18)19)17-12(14-15-16-17)10-7-5-4-6-8-10/h4-8,11H,2-3,9H2,1H3,(H,18,19). The molecule has 0 saturated heterocycles. The SMILES string of the molecule is CCCCC(C(=O)O)n1nnnc1-c1ccccc1. The molecule has 0 aliphatic carbocycles. The molecule has 0 fully saturated rings. The molecule has 1 heterocycles. The Morgan fingerprint density at radius 1 is 1.37 bits per heavy atom. The molecule has 100 valence electrons. The average molecular weight is 260 g/mol. The topological polar surface area (TPSA) is 80.9 Å². The fourth-order valence-electron chi connectivity index (χ4n) is 1.93. The minimum Gasteiger partial charge on any atom is -0.480 e. The van der Waals surface area contributed by atoms with Gasteiger partial charge in [0.2, 0.25) is 0 Å². The molecule has 0 amide bonds. The van der Waals surface area contributed by atoms with E-state index < -0.39 is 12.0 Å². The number of aromatic nitrogens is 4. The Labute approximate surface area is 111 Å². The molecule has 0 spiro atoms. The summed E-state index contributed by atoms with van der Waals surface area (Å²) >= 11 is 0. The summed E-state index contributed by atoms with van der Waals surface area (Å²) in [5, 5.41) is 20.7. The molecule has 1 atom stereocenters. The van der Waals surface area contributed by atoms with E-state index in [4.69, 9.17) is 0 Å². The number of hydrogen-bond donors (Lipinski definition) is 1. The molecule has 6 heteroatoms. The molecule has 0 radical (unpaired) electrons. The molecule has 0 bridgehead atoms. The van der Waals surface area contributed by atoms with Gasteiger partial charge in [-0.15, -0.1) is 5.10 Å². The Morgan fingerprint density at radius 2 is 2.11 bits per heavy atom. The molecule has 1 N–H and O–H groups in total. The summed E-state index contributed by atoms with van der Waals surface area (Å²) in [6, 6.07) is 8.64. The number of unbranched alkanes of at least 4 members (excludes halogenated alkanes) is 1. The van der Waals surface area contributed by atoms with Crippen LogP contribution in [0.4, 0.5) is 0 Å². The van der Waals surface area contributed by atoms with Crippen molar-refractivity contribution in [2.75, 3.05) is 0 Å². The number of rotatable bonds is 6. The molecule has 19 heavy (non-hydrogen) atoms. The highest BCUT2D eigenvalue weighted by Gasteiger charge is 2.24. The summed E-state index contributed by atoms with van der Waals surface area (Å²) in [5.41, 5.74) is 0.815. The van der Waals surface area contributed by atoms with Gasteiger partial charge in [-0.2, -0.15) is 0 Å². The first-order valence-electron chi connectivity index (χ1n) is 6.30. The van der Waals surface area contributed by atoms with Crippen LogP contribution in [0.25, 0.3) is 11.4 Å². The molecular formula is C13H16N4O2.